The predicted molar refractivity (Wildman–Crippen MR) is 52.4 cm³/mol. The van der Waals surface area contributed by atoms with Gasteiger partial charge in [0, 0.05) is 19.8 Å². The first-order valence-corrected chi connectivity index (χ1v) is 5.12. The van der Waals surface area contributed by atoms with E-state index in [1.807, 2.05) is 0 Å². The zero-order valence-corrected chi connectivity index (χ0v) is 8.80. The van der Waals surface area contributed by atoms with Crippen LogP contribution in [0.3, 0.4) is 0 Å². The van der Waals surface area contributed by atoms with Crippen LogP contribution in [0.1, 0.15) is 31.2 Å². The van der Waals surface area contributed by atoms with Gasteiger partial charge in [0.25, 0.3) is 5.66 Å². The molecule has 7 heteroatoms. The molecule has 0 bridgehead atoms. The van der Waals surface area contributed by atoms with Gasteiger partial charge in [0.1, 0.15) is 11.4 Å². The number of aryl methyl sites for hydroxylation is 1. The van der Waals surface area contributed by atoms with Crippen LogP contribution in [0.25, 0.3) is 0 Å². The maximum absolute atomic E-state index is 11.9. The van der Waals surface area contributed by atoms with Crippen LogP contribution in [0.2, 0.25) is 0 Å². The normalized spacial score (nSPS) is 37.4. The summed E-state index contributed by atoms with van der Waals surface area (Å²) in [5.74, 6) is 0. The Morgan fingerprint density at radius 1 is 1.56 bits per heavy atom. The first kappa shape index (κ1) is 9.73. The van der Waals surface area contributed by atoms with E-state index in [0.717, 1.165) is 0 Å². The molecule has 1 aromatic rings. The van der Waals surface area contributed by atoms with Crippen LogP contribution in [0.15, 0.2) is 4.63 Å². The SMILES string of the molecule is CC1=[N+]([O-])[C@]2(N)CCc3nonc3[C@@]2(O)C1. The molecule has 0 fully saturated rings. The minimum Gasteiger partial charge on any atom is -0.622 e. The Kier molecular flexibility index (Phi) is 1.59. The van der Waals surface area contributed by atoms with Gasteiger partial charge in [0.2, 0.25) is 5.60 Å². The second-order valence-electron chi connectivity index (χ2n) is 4.55. The van der Waals surface area contributed by atoms with Gasteiger partial charge in [-0.05, 0) is 0 Å². The smallest absolute Gasteiger partial charge is 0.259 e. The van der Waals surface area contributed by atoms with E-state index in [2.05, 4.69) is 14.9 Å². The van der Waals surface area contributed by atoms with Gasteiger partial charge in [-0.3, -0.25) is 5.73 Å². The average Bonchev–Trinajstić information content (AvgIpc) is 2.77. The van der Waals surface area contributed by atoms with Crippen molar-refractivity contribution in [1.29, 1.82) is 0 Å². The van der Waals surface area contributed by atoms with E-state index in [0.29, 0.717) is 34.7 Å². The summed E-state index contributed by atoms with van der Waals surface area (Å²) in [5.41, 5.74) is 4.61. The minimum absolute atomic E-state index is 0.175. The molecule has 2 aliphatic rings. The van der Waals surface area contributed by atoms with Crippen molar-refractivity contribution in [3.8, 4) is 0 Å². The third-order valence-electron chi connectivity index (χ3n) is 3.63. The van der Waals surface area contributed by atoms with Gasteiger partial charge in [-0.25, -0.2) is 4.63 Å². The van der Waals surface area contributed by atoms with Gasteiger partial charge < -0.3 is 10.3 Å². The maximum atomic E-state index is 11.9. The van der Waals surface area contributed by atoms with Crippen LogP contribution in [0.4, 0.5) is 0 Å². The summed E-state index contributed by atoms with van der Waals surface area (Å²) >= 11 is 0. The number of rotatable bonds is 0. The Hall–Kier alpha value is -1.47. The number of nitrogens with two attached hydrogens (primary N) is 1. The Morgan fingerprint density at radius 3 is 3.06 bits per heavy atom. The highest BCUT2D eigenvalue weighted by atomic mass is 16.6. The molecule has 0 unspecified atom stereocenters. The van der Waals surface area contributed by atoms with E-state index in [1.165, 1.54) is 0 Å². The van der Waals surface area contributed by atoms with E-state index >= 15 is 0 Å². The number of hydrogen-bond acceptors (Lipinski definition) is 6. The van der Waals surface area contributed by atoms with Crippen molar-refractivity contribution in [2.24, 2.45) is 5.73 Å². The molecule has 3 rings (SSSR count). The minimum atomic E-state index is -1.48. The molecule has 86 valence electrons. The molecule has 0 spiro atoms. The molecule has 0 radical (unpaired) electrons. The maximum Gasteiger partial charge on any atom is 0.259 e. The zero-order valence-electron chi connectivity index (χ0n) is 8.80. The van der Waals surface area contributed by atoms with Gasteiger partial charge >= 0.3 is 0 Å². The third kappa shape index (κ3) is 0.840. The Labute approximate surface area is 91.1 Å². The number of hydroxylamine groups is 1. The molecule has 0 saturated heterocycles. The average molecular weight is 224 g/mol. The lowest BCUT2D eigenvalue weighted by Crippen LogP contribution is -2.62. The van der Waals surface area contributed by atoms with Crippen LogP contribution >= 0.6 is 0 Å². The van der Waals surface area contributed by atoms with Gasteiger partial charge in [-0.2, -0.15) is 4.74 Å². The largest absolute Gasteiger partial charge is 0.622 e. The summed E-state index contributed by atoms with van der Waals surface area (Å²) in [6, 6.07) is 0. The van der Waals surface area contributed by atoms with Crippen LogP contribution in [-0.4, -0.2) is 31.5 Å². The number of fused-ring (bicyclic) bond motifs is 3. The lowest BCUT2D eigenvalue weighted by Gasteiger charge is -2.37. The predicted octanol–water partition coefficient (Wildman–Crippen LogP) is -0.767. The second kappa shape index (κ2) is 2.61. The van der Waals surface area contributed by atoms with Crippen molar-refractivity contribution >= 4 is 5.71 Å². The van der Waals surface area contributed by atoms with Crippen molar-refractivity contribution < 1.29 is 14.5 Å². The Bertz CT molecular complexity index is 497. The third-order valence-corrected chi connectivity index (χ3v) is 3.63. The van der Waals surface area contributed by atoms with Gasteiger partial charge in [0.05, 0.1) is 6.42 Å². The van der Waals surface area contributed by atoms with Crippen molar-refractivity contribution in [2.75, 3.05) is 0 Å². The topological polar surface area (TPSA) is 111 Å². The molecule has 1 aliphatic heterocycles. The molecular weight excluding hydrogens is 212 g/mol. The molecule has 2 heterocycles. The number of aliphatic hydroxyl groups is 1. The van der Waals surface area contributed by atoms with Crippen LogP contribution < -0.4 is 5.73 Å². The van der Waals surface area contributed by atoms with E-state index in [1.54, 1.807) is 6.92 Å². The number of hydrogen-bond donors (Lipinski definition) is 2. The lowest BCUT2D eigenvalue weighted by molar-refractivity contribution is -0.567. The molecule has 1 aliphatic carbocycles. The zero-order chi connectivity index (χ0) is 11.6. The molecule has 1 aromatic heterocycles. The van der Waals surface area contributed by atoms with Gasteiger partial charge in [-0.15, -0.1) is 0 Å². The summed E-state index contributed by atoms with van der Waals surface area (Å²) in [6.07, 6.45) is 1.00. The van der Waals surface area contributed by atoms with E-state index < -0.39 is 11.3 Å². The summed E-state index contributed by atoms with van der Waals surface area (Å²) in [5, 5.41) is 29.9. The van der Waals surface area contributed by atoms with E-state index in [9.17, 15) is 10.3 Å². The summed E-state index contributed by atoms with van der Waals surface area (Å²) < 4.78 is 5.31. The van der Waals surface area contributed by atoms with E-state index in [-0.39, 0.29) is 6.42 Å². The second-order valence-corrected chi connectivity index (χ2v) is 4.55. The quantitative estimate of drug-likeness (QED) is 0.442. The van der Waals surface area contributed by atoms with Crippen LogP contribution in [0, 0.1) is 5.21 Å². The highest BCUT2D eigenvalue weighted by Gasteiger charge is 2.66. The van der Waals surface area contributed by atoms with Crippen molar-refractivity contribution in [3.05, 3.63) is 16.6 Å². The molecule has 16 heavy (non-hydrogen) atoms. The molecule has 0 aromatic carbocycles. The lowest BCUT2D eigenvalue weighted by atomic mass is 9.76. The molecule has 2 atom stereocenters. The fourth-order valence-corrected chi connectivity index (χ4v) is 2.69. The van der Waals surface area contributed by atoms with Crippen LogP contribution in [0.5, 0.6) is 0 Å². The van der Waals surface area contributed by atoms with Crippen LogP contribution in [-0.2, 0) is 12.0 Å². The highest BCUT2D eigenvalue weighted by molar-refractivity contribution is 5.80. The van der Waals surface area contributed by atoms with Crippen molar-refractivity contribution in [3.63, 3.8) is 0 Å². The fourth-order valence-electron chi connectivity index (χ4n) is 2.69. The van der Waals surface area contributed by atoms with Crippen molar-refractivity contribution in [2.45, 2.75) is 37.5 Å². The van der Waals surface area contributed by atoms with E-state index in [4.69, 9.17) is 5.73 Å². The number of nitrogens with zero attached hydrogens (tertiary/aromatic N) is 3. The number of aromatic nitrogens is 2. The van der Waals surface area contributed by atoms with Crippen molar-refractivity contribution in [1.82, 2.24) is 10.3 Å². The first-order chi connectivity index (χ1) is 7.49. The first-order valence-electron chi connectivity index (χ1n) is 5.12. The van der Waals surface area contributed by atoms with Gasteiger partial charge in [-0.1, -0.05) is 10.3 Å². The summed E-state index contributed by atoms with van der Waals surface area (Å²) in [4.78, 5) is 0. The van der Waals surface area contributed by atoms with Gasteiger partial charge in [0.15, 0.2) is 5.71 Å². The molecule has 0 amide bonds. The molecule has 7 nitrogen and oxygen atoms in total. The monoisotopic (exact) mass is 224 g/mol. The molecule has 0 saturated carbocycles. The highest BCUT2D eigenvalue weighted by Crippen LogP contribution is 2.46. The summed E-state index contributed by atoms with van der Waals surface area (Å²) in [6.45, 7) is 1.66. The molecular formula is C9H12N4O3. The Morgan fingerprint density at radius 2 is 2.31 bits per heavy atom. The standard InChI is InChI=1S/C9H12N4O3/c1-5-4-8(14)7-6(11-16-12-7)2-3-9(8,10)13(5)15/h14H,2-4,10H2,1H3/t8-,9+/m0/s1. The fraction of sp³-hybridized carbons (Fsp3) is 0.667. The molecule has 3 N–H and O–H groups in total. The summed E-state index contributed by atoms with van der Waals surface area (Å²) in [7, 11) is 0. The Balaban J connectivity index is 2.22.